The summed E-state index contributed by atoms with van der Waals surface area (Å²) < 4.78 is 0. The normalized spacial score (nSPS) is 10.2. The number of carbonyl (C=O) groups excluding carboxylic acids is 1. The van der Waals surface area contributed by atoms with Crippen molar-refractivity contribution in [2.75, 3.05) is 0 Å². The Kier molecular flexibility index (Phi) is 3.97. The smallest absolute Gasteiger partial charge is 0.193 e. The van der Waals surface area contributed by atoms with E-state index in [4.69, 9.17) is 11.6 Å². The molecule has 0 radical (unpaired) electrons. The average molecular weight is 310 g/mol. The van der Waals surface area contributed by atoms with E-state index in [1.807, 2.05) is 24.3 Å². The van der Waals surface area contributed by atoms with E-state index >= 15 is 0 Å². The van der Waals surface area contributed by atoms with Gasteiger partial charge >= 0.3 is 0 Å². The first kappa shape index (κ1) is 12.3. The minimum absolute atomic E-state index is 0.0180. The maximum atomic E-state index is 12.2. The third kappa shape index (κ3) is 2.96. The molecule has 0 bridgehead atoms. The molecule has 0 aliphatic rings. The third-order valence-electron chi connectivity index (χ3n) is 2.45. The predicted octanol–water partition coefficient (Wildman–Crippen LogP) is 4.47. The first-order chi connectivity index (χ1) is 8.20. The van der Waals surface area contributed by atoms with E-state index in [0.29, 0.717) is 16.1 Å². The van der Waals surface area contributed by atoms with E-state index in [0.717, 1.165) is 10.9 Å². The molecule has 0 aliphatic heterocycles. The van der Waals surface area contributed by atoms with E-state index in [1.54, 1.807) is 24.3 Å². The number of rotatable bonds is 3. The van der Waals surface area contributed by atoms with Crippen LogP contribution in [-0.2, 0) is 5.33 Å². The van der Waals surface area contributed by atoms with Crippen LogP contribution in [0.15, 0.2) is 48.5 Å². The predicted molar refractivity (Wildman–Crippen MR) is 74.0 cm³/mol. The highest BCUT2D eigenvalue weighted by Crippen LogP contribution is 2.15. The fourth-order valence-corrected chi connectivity index (χ4v) is 2.04. The van der Waals surface area contributed by atoms with Crippen LogP contribution in [0.3, 0.4) is 0 Å². The molecule has 0 spiro atoms. The molecule has 0 N–H and O–H groups in total. The molecule has 0 amide bonds. The van der Waals surface area contributed by atoms with Crippen molar-refractivity contribution >= 4 is 33.3 Å². The third-order valence-corrected chi connectivity index (χ3v) is 3.35. The van der Waals surface area contributed by atoms with Crippen LogP contribution in [0.1, 0.15) is 21.5 Å². The maximum absolute atomic E-state index is 12.2. The van der Waals surface area contributed by atoms with Crippen LogP contribution in [-0.4, -0.2) is 5.78 Å². The molecule has 2 aromatic carbocycles. The lowest BCUT2D eigenvalue weighted by Gasteiger charge is -2.03. The van der Waals surface area contributed by atoms with E-state index in [9.17, 15) is 4.79 Å². The highest BCUT2D eigenvalue weighted by atomic mass is 79.9. The van der Waals surface area contributed by atoms with Crippen LogP contribution < -0.4 is 0 Å². The zero-order valence-electron chi connectivity index (χ0n) is 8.99. The van der Waals surface area contributed by atoms with Gasteiger partial charge in [0.25, 0.3) is 0 Å². The van der Waals surface area contributed by atoms with Crippen molar-refractivity contribution in [3.63, 3.8) is 0 Å². The molecule has 0 atom stereocenters. The molecule has 2 rings (SSSR count). The monoisotopic (exact) mass is 308 g/mol. The number of ketones is 1. The minimum atomic E-state index is 0.0180. The summed E-state index contributed by atoms with van der Waals surface area (Å²) in [6, 6.07) is 14.5. The van der Waals surface area contributed by atoms with Crippen LogP contribution in [0.5, 0.6) is 0 Å². The Hall–Kier alpha value is -1.12. The average Bonchev–Trinajstić information content (AvgIpc) is 2.39. The highest BCUT2D eigenvalue weighted by molar-refractivity contribution is 9.08. The van der Waals surface area contributed by atoms with Crippen LogP contribution in [0.4, 0.5) is 0 Å². The van der Waals surface area contributed by atoms with Crippen molar-refractivity contribution in [1.29, 1.82) is 0 Å². The topological polar surface area (TPSA) is 17.1 Å². The summed E-state index contributed by atoms with van der Waals surface area (Å²) in [4.78, 5) is 12.2. The van der Waals surface area contributed by atoms with Crippen LogP contribution >= 0.6 is 27.5 Å². The summed E-state index contributed by atoms with van der Waals surface area (Å²) in [5.74, 6) is 0.0180. The summed E-state index contributed by atoms with van der Waals surface area (Å²) in [6.07, 6.45) is 0. The van der Waals surface area contributed by atoms with Gasteiger partial charge in [-0.15, -0.1) is 0 Å². The summed E-state index contributed by atoms with van der Waals surface area (Å²) in [5.41, 5.74) is 2.44. The largest absolute Gasteiger partial charge is 0.289 e. The minimum Gasteiger partial charge on any atom is -0.289 e. The Morgan fingerprint density at radius 1 is 1.06 bits per heavy atom. The van der Waals surface area contributed by atoms with Gasteiger partial charge in [-0.1, -0.05) is 45.7 Å². The fraction of sp³-hybridized carbons (Fsp3) is 0.0714. The lowest BCUT2D eigenvalue weighted by molar-refractivity contribution is 0.103. The molecule has 0 saturated carbocycles. The van der Waals surface area contributed by atoms with Gasteiger partial charge in [0.15, 0.2) is 5.78 Å². The summed E-state index contributed by atoms with van der Waals surface area (Å²) in [5, 5.41) is 1.38. The molecule has 0 unspecified atom stereocenters. The number of alkyl halides is 1. The van der Waals surface area contributed by atoms with Crippen molar-refractivity contribution in [3.05, 3.63) is 70.2 Å². The molecular formula is C14H10BrClO. The van der Waals surface area contributed by atoms with Gasteiger partial charge in [0.2, 0.25) is 0 Å². The zero-order chi connectivity index (χ0) is 12.3. The number of hydrogen-bond donors (Lipinski definition) is 0. The summed E-state index contributed by atoms with van der Waals surface area (Å²) >= 11 is 9.17. The molecule has 3 heteroatoms. The number of halogens is 2. The molecule has 0 aromatic heterocycles. The molecule has 17 heavy (non-hydrogen) atoms. The molecule has 0 saturated heterocycles. The number of hydrogen-bond acceptors (Lipinski definition) is 1. The van der Waals surface area contributed by atoms with Crippen LogP contribution in [0, 0.1) is 0 Å². The summed E-state index contributed by atoms with van der Waals surface area (Å²) in [6.45, 7) is 0. The second kappa shape index (κ2) is 5.48. The molecule has 86 valence electrons. The SMILES string of the molecule is O=C(c1ccc(Cl)cc1)c1cccc(CBr)c1. The lowest BCUT2D eigenvalue weighted by Crippen LogP contribution is -2.01. The van der Waals surface area contributed by atoms with Gasteiger partial charge in [-0.05, 0) is 35.9 Å². The lowest BCUT2D eigenvalue weighted by atomic mass is 10.0. The molecule has 1 nitrogen and oxygen atoms in total. The Balaban J connectivity index is 2.33. The Morgan fingerprint density at radius 3 is 2.41 bits per heavy atom. The number of benzene rings is 2. The second-order valence-corrected chi connectivity index (χ2v) is 4.67. The van der Waals surface area contributed by atoms with E-state index in [2.05, 4.69) is 15.9 Å². The maximum Gasteiger partial charge on any atom is 0.193 e. The van der Waals surface area contributed by atoms with Gasteiger partial charge in [0.1, 0.15) is 0 Å². The van der Waals surface area contributed by atoms with Crippen LogP contribution in [0.2, 0.25) is 5.02 Å². The van der Waals surface area contributed by atoms with E-state index in [1.165, 1.54) is 0 Å². The van der Waals surface area contributed by atoms with Crippen molar-refractivity contribution in [3.8, 4) is 0 Å². The fourth-order valence-electron chi connectivity index (χ4n) is 1.56. The van der Waals surface area contributed by atoms with Gasteiger partial charge in [-0.25, -0.2) is 0 Å². The van der Waals surface area contributed by atoms with Crippen molar-refractivity contribution in [2.24, 2.45) is 0 Å². The zero-order valence-corrected chi connectivity index (χ0v) is 11.3. The van der Waals surface area contributed by atoms with Gasteiger partial charge < -0.3 is 0 Å². The number of carbonyl (C=O) groups is 1. The Bertz CT molecular complexity index is 534. The van der Waals surface area contributed by atoms with Crippen molar-refractivity contribution < 1.29 is 4.79 Å². The van der Waals surface area contributed by atoms with Gasteiger partial charge in [-0.2, -0.15) is 0 Å². The quantitative estimate of drug-likeness (QED) is 0.604. The molecule has 0 aliphatic carbocycles. The van der Waals surface area contributed by atoms with Crippen LogP contribution in [0.25, 0.3) is 0 Å². The van der Waals surface area contributed by atoms with Crippen molar-refractivity contribution in [1.82, 2.24) is 0 Å². The van der Waals surface area contributed by atoms with E-state index in [-0.39, 0.29) is 5.78 Å². The van der Waals surface area contributed by atoms with Gasteiger partial charge in [-0.3, -0.25) is 4.79 Å². The standard InChI is InChI=1S/C14H10BrClO/c15-9-10-2-1-3-12(8-10)14(17)11-4-6-13(16)7-5-11/h1-8H,9H2. The molecule has 0 heterocycles. The van der Waals surface area contributed by atoms with Crippen molar-refractivity contribution in [2.45, 2.75) is 5.33 Å². The second-order valence-electron chi connectivity index (χ2n) is 3.67. The molecule has 2 aromatic rings. The highest BCUT2D eigenvalue weighted by Gasteiger charge is 2.08. The Morgan fingerprint density at radius 2 is 1.76 bits per heavy atom. The van der Waals surface area contributed by atoms with E-state index < -0.39 is 0 Å². The first-order valence-electron chi connectivity index (χ1n) is 5.16. The summed E-state index contributed by atoms with van der Waals surface area (Å²) in [7, 11) is 0. The van der Waals surface area contributed by atoms with Gasteiger partial charge in [0, 0.05) is 21.5 Å². The molecule has 0 fully saturated rings. The first-order valence-corrected chi connectivity index (χ1v) is 6.66. The molecular weight excluding hydrogens is 300 g/mol. The van der Waals surface area contributed by atoms with Gasteiger partial charge in [0.05, 0.1) is 0 Å². The Labute approximate surface area is 114 Å².